The third-order valence-corrected chi connectivity index (χ3v) is 2.89. The summed E-state index contributed by atoms with van der Waals surface area (Å²) in [5.41, 5.74) is 2.29. The zero-order valence-corrected chi connectivity index (χ0v) is 13.2. The summed E-state index contributed by atoms with van der Waals surface area (Å²) in [7, 11) is 0. The van der Waals surface area contributed by atoms with Crippen LogP contribution < -0.4 is 0 Å². The fourth-order valence-corrected chi connectivity index (χ4v) is 1.63. The summed E-state index contributed by atoms with van der Waals surface area (Å²) in [5.74, 6) is -1.07. The predicted molar refractivity (Wildman–Crippen MR) is 85.9 cm³/mol. The predicted octanol–water partition coefficient (Wildman–Crippen LogP) is 3.93. The third kappa shape index (κ3) is 5.95. The fourth-order valence-electron chi connectivity index (χ4n) is 1.63. The van der Waals surface area contributed by atoms with Crippen LogP contribution in [-0.2, 0) is 9.47 Å². The van der Waals surface area contributed by atoms with Gasteiger partial charge in [0, 0.05) is 12.8 Å². The fraction of sp³-hybridized carbons (Fsp3) is 0.333. The molecule has 0 saturated carbocycles. The van der Waals surface area contributed by atoms with Crippen LogP contribution in [0.25, 0.3) is 0 Å². The van der Waals surface area contributed by atoms with Crippen molar-refractivity contribution in [1.29, 1.82) is 0 Å². The quantitative estimate of drug-likeness (QED) is 0.539. The Morgan fingerprint density at radius 2 is 1.23 bits per heavy atom. The topological polar surface area (TPSA) is 52.6 Å². The highest BCUT2D eigenvalue weighted by Gasteiger charge is 2.18. The van der Waals surface area contributed by atoms with Crippen molar-refractivity contribution < 1.29 is 19.1 Å². The molecule has 0 radical (unpaired) electrons. The molecule has 0 aliphatic heterocycles. The molecule has 0 spiro atoms. The van der Waals surface area contributed by atoms with E-state index in [2.05, 4.69) is 13.2 Å². The average molecular weight is 302 g/mol. The Balaban J connectivity index is 2.71. The first-order chi connectivity index (χ1) is 10.4. The second-order valence-corrected chi connectivity index (χ2v) is 5.23. The summed E-state index contributed by atoms with van der Waals surface area (Å²) >= 11 is 0. The van der Waals surface area contributed by atoms with Gasteiger partial charge in [-0.1, -0.05) is 23.3 Å². The van der Waals surface area contributed by atoms with Gasteiger partial charge in [0.1, 0.15) is 0 Å². The van der Waals surface area contributed by atoms with Gasteiger partial charge in [-0.25, -0.2) is 9.59 Å². The minimum atomic E-state index is -0.534. The van der Waals surface area contributed by atoms with E-state index in [0.29, 0.717) is 12.8 Å². The molecule has 0 fully saturated rings. The van der Waals surface area contributed by atoms with Gasteiger partial charge in [0.2, 0.25) is 0 Å². The number of ether oxygens (including phenoxy) is 2. The van der Waals surface area contributed by atoms with Crippen LogP contribution in [0.3, 0.4) is 0 Å². The molecule has 0 atom stereocenters. The van der Waals surface area contributed by atoms with Gasteiger partial charge in [-0.15, -0.1) is 13.2 Å². The third-order valence-electron chi connectivity index (χ3n) is 2.89. The van der Waals surface area contributed by atoms with Crippen LogP contribution in [0.1, 0.15) is 47.4 Å². The highest BCUT2D eigenvalue weighted by molar-refractivity contribution is 6.03. The molecule has 1 aromatic rings. The van der Waals surface area contributed by atoms with Crippen LogP contribution in [0.2, 0.25) is 0 Å². The SMILES string of the molecule is C=C(C)CCOC(=O)c1ccccc1C(=O)OCCC(=C)C. The minimum Gasteiger partial charge on any atom is -0.462 e. The molecule has 0 unspecified atom stereocenters. The van der Waals surface area contributed by atoms with Crippen LogP contribution in [0, 0.1) is 0 Å². The van der Waals surface area contributed by atoms with E-state index in [1.165, 1.54) is 0 Å². The van der Waals surface area contributed by atoms with E-state index in [0.717, 1.165) is 11.1 Å². The van der Waals surface area contributed by atoms with E-state index in [4.69, 9.17) is 9.47 Å². The second kappa shape index (κ2) is 8.82. The van der Waals surface area contributed by atoms with Crippen molar-refractivity contribution in [3.8, 4) is 0 Å². The molecule has 0 amide bonds. The van der Waals surface area contributed by atoms with Gasteiger partial charge in [0.05, 0.1) is 24.3 Å². The van der Waals surface area contributed by atoms with Crippen LogP contribution in [-0.4, -0.2) is 25.2 Å². The van der Waals surface area contributed by atoms with Crippen molar-refractivity contribution in [2.24, 2.45) is 0 Å². The van der Waals surface area contributed by atoms with E-state index >= 15 is 0 Å². The van der Waals surface area contributed by atoms with Crippen molar-refractivity contribution >= 4 is 11.9 Å². The Labute approximate surface area is 131 Å². The van der Waals surface area contributed by atoms with E-state index in [-0.39, 0.29) is 24.3 Å². The highest BCUT2D eigenvalue weighted by Crippen LogP contribution is 2.13. The smallest absolute Gasteiger partial charge is 0.339 e. The van der Waals surface area contributed by atoms with Crippen molar-refractivity contribution in [3.05, 3.63) is 59.7 Å². The average Bonchev–Trinajstić information content (AvgIpc) is 2.46. The Morgan fingerprint density at radius 3 is 1.55 bits per heavy atom. The molecule has 1 aromatic carbocycles. The standard InChI is InChI=1S/C18H22O4/c1-13(2)9-11-21-17(19)15-7-5-6-8-16(15)18(20)22-12-10-14(3)4/h5-8H,1,3,9-12H2,2,4H3. The van der Waals surface area contributed by atoms with Crippen LogP contribution in [0.4, 0.5) is 0 Å². The molecule has 0 aliphatic carbocycles. The largest absolute Gasteiger partial charge is 0.462 e. The Morgan fingerprint density at radius 1 is 0.864 bits per heavy atom. The van der Waals surface area contributed by atoms with Gasteiger partial charge >= 0.3 is 11.9 Å². The molecule has 1 rings (SSSR count). The summed E-state index contributed by atoms with van der Waals surface area (Å²) in [5, 5.41) is 0. The Hall–Kier alpha value is -2.36. The number of rotatable bonds is 8. The maximum Gasteiger partial charge on any atom is 0.339 e. The van der Waals surface area contributed by atoms with Crippen molar-refractivity contribution in [2.75, 3.05) is 13.2 Å². The molecule has 0 bridgehead atoms. The van der Waals surface area contributed by atoms with Gasteiger partial charge in [0.15, 0.2) is 0 Å². The number of esters is 2. The Bertz CT molecular complexity index is 521. The van der Waals surface area contributed by atoms with Crippen molar-refractivity contribution in [3.63, 3.8) is 0 Å². The number of benzene rings is 1. The molecule has 0 N–H and O–H groups in total. The van der Waals surface area contributed by atoms with Gasteiger partial charge in [0.25, 0.3) is 0 Å². The summed E-state index contributed by atoms with van der Waals surface area (Å²) < 4.78 is 10.3. The van der Waals surface area contributed by atoms with Gasteiger partial charge < -0.3 is 9.47 Å². The van der Waals surface area contributed by atoms with Crippen LogP contribution in [0.15, 0.2) is 48.6 Å². The summed E-state index contributed by atoms with van der Waals surface area (Å²) in [6.07, 6.45) is 1.19. The molecule has 4 nitrogen and oxygen atoms in total. The van der Waals surface area contributed by atoms with E-state index in [1.807, 2.05) is 13.8 Å². The summed E-state index contributed by atoms with van der Waals surface area (Å²) in [4.78, 5) is 24.1. The first-order valence-electron chi connectivity index (χ1n) is 7.14. The first-order valence-corrected chi connectivity index (χ1v) is 7.14. The van der Waals surface area contributed by atoms with Gasteiger partial charge in [-0.3, -0.25) is 0 Å². The second-order valence-electron chi connectivity index (χ2n) is 5.23. The normalized spacial score (nSPS) is 9.91. The molecule has 0 saturated heterocycles. The molecule has 4 heteroatoms. The number of hydrogen-bond donors (Lipinski definition) is 0. The van der Waals surface area contributed by atoms with Gasteiger partial charge in [-0.05, 0) is 26.0 Å². The number of carbonyl (C=O) groups is 2. The minimum absolute atomic E-state index is 0.213. The molecular weight excluding hydrogens is 280 g/mol. The van der Waals surface area contributed by atoms with Crippen LogP contribution >= 0.6 is 0 Å². The lowest BCUT2D eigenvalue weighted by Gasteiger charge is -2.10. The summed E-state index contributed by atoms with van der Waals surface area (Å²) in [6, 6.07) is 6.47. The van der Waals surface area contributed by atoms with E-state index in [1.54, 1.807) is 24.3 Å². The van der Waals surface area contributed by atoms with E-state index < -0.39 is 11.9 Å². The van der Waals surface area contributed by atoms with E-state index in [9.17, 15) is 9.59 Å². The lowest BCUT2D eigenvalue weighted by molar-refractivity contribution is 0.0462. The molecule has 0 aromatic heterocycles. The molecule has 0 aliphatic rings. The maximum absolute atomic E-state index is 12.1. The number of carbonyl (C=O) groups excluding carboxylic acids is 2. The molecular formula is C18H22O4. The zero-order valence-electron chi connectivity index (χ0n) is 13.2. The molecule has 0 heterocycles. The van der Waals surface area contributed by atoms with Crippen molar-refractivity contribution in [2.45, 2.75) is 26.7 Å². The number of hydrogen-bond acceptors (Lipinski definition) is 4. The monoisotopic (exact) mass is 302 g/mol. The highest BCUT2D eigenvalue weighted by atomic mass is 16.5. The van der Waals surface area contributed by atoms with Crippen LogP contribution in [0.5, 0.6) is 0 Å². The lowest BCUT2D eigenvalue weighted by atomic mass is 10.1. The molecule has 22 heavy (non-hydrogen) atoms. The van der Waals surface area contributed by atoms with Crippen molar-refractivity contribution in [1.82, 2.24) is 0 Å². The summed E-state index contributed by atoms with van der Waals surface area (Å²) in [6.45, 7) is 11.7. The maximum atomic E-state index is 12.1. The molecule has 118 valence electrons. The Kier molecular flexibility index (Phi) is 7.09. The van der Waals surface area contributed by atoms with Gasteiger partial charge in [-0.2, -0.15) is 0 Å². The lowest BCUT2D eigenvalue weighted by Crippen LogP contribution is -2.15. The first kappa shape index (κ1) is 17.7. The zero-order chi connectivity index (χ0) is 16.5.